The van der Waals surface area contributed by atoms with E-state index in [4.69, 9.17) is 0 Å². The maximum atomic E-state index is 12.0. The van der Waals surface area contributed by atoms with Gasteiger partial charge in [-0.15, -0.1) is 0 Å². The molecule has 0 spiro atoms. The van der Waals surface area contributed by atoms with Gasteiger partial charge < -0.3 is 28.4 Å². The van der Waals surface area contributed by atoms with E-state index >= 15 is 0 Å². The van der Waals surface area contributed by atoms with Crippen molar-refractivity contribution in [3.05, 3.63) is 69.9 Å². The predicted octanol–water partition coefficient (Wildman–Crippen LogP) is 4.65. The Hall–Kier alpha value is 1.83. The number of ether oxygens (including phenoxy) is 2. The van der Waals surface area contributed by atoms with Crippen LogP contribution in [0, 0.1) is 0 Å². The molecule has 0 aromatic carbocycles. The van der Waals surface area contributed by atoms with Crippen LogP contribution in [0.3, 0.4) is 0 Å². The van der Waals surface area contributed by atoms with Crippen molar-refractivity contribution in [3.8, 4) is 0 Å². The zero-order chi connectivity index (χ0) is 43.6. The number of methoxy groups -OCH3 is 2. The molecule has 12 nitrogen and oxygen atoms in total. The molecule has 328 valence electrons. The second kappa shape index (κ2) is 36.1. The van der Waals surface area contributed by atoms with Gasteiger partial charge in [-0.2, -0.15) is 0 Å². The Kier molecular flexibility index (Phi) is 41.3. The molecule has 58 heavy (non-hydrogen) atoms. The van der Waals surface area contributed by atoms with E-state index in [1.165, 1.54) is 47.7 Å². The van der Waals surface area contributed by atoms with Gasteiger partial charge in [-0.1, -0.05) is 69.9 Å². The van der Waals surface area contributed by atoms with Crippen molar-refractivity contribution in [1.82, 2.24) is 0 Å². The molecule has 0 saturated heterocycles. The second-order valence-electron chi connectivity index (χ2n) is 15.0. The van der Waals surface area contributed by atoms with Gasteiger partial charge in [0.1, 0.15) is 42.9 Å². The van der Waals surface area contributed by atoms with Crippen molar-refractivity contribution in [2.45, 2.75) is 155 Å². The normalized spacial score (nSPS) is 16.0. The van der Waals surface area contributed by atoms with E-state index in [0.717, 1.165) is 51.4 Å². The fourth-order valence-corrected chi connectivity index (χ4v) is 12.3. The van der Waals surface area contributed by atoms with Crippen LogP contribution in [0.2, 0.25) is 0 Å². The fraction of sp³-hybridized carbons (Fsp3) is 0.700. The molecule has 0 bridgehead atoms. The minimum Gasteiger partial charge on any atom is -0.747 e. The molecule has 0 saturated carbocycles. The van der Waals surface area contributed by atoms with Gasteiger partial charge in [0.05, 0.1) is 0 Å². The molecule has 18 heteroatoms. The molecule has 4 unspecified atom stereocenters. The fourth-order valence-electron chi connectivity index (χ4n) is 5.59. The van der Waals surface area contributed by atoms with Crippen molar-refractivity contribution >= 4 is 35.0 Å². The van der Waals surface area contributed by atoms with Crippen molar-refractivity contribution in [1.29, 1.82) is 0 Å². The van der Waals surface area contributed by atoms with E-state index in [2.05, 4.69) is 75.3 Å². The van der Waals surface area contributed by atoms with Gasteiger partial charge in [0, 0.05) is 14.2 Å². The van der Waals surface area contributed by atoms with E-state index in [-0.39, 0.29) is 116 Å². The minimum absolute atomic E-state index is 0. The number of rotatable bonds is 28. The summed E-state index contributed by atoms with van der Waals surface area (Å²) in [6, 6.07) is 0. The van der Waals surface area contributed by atoms with Crippen LogP contribution in [-0.4, -0.2) is 72.6 Å². The van der Waals surface area contributed by atoms with E-state index < -0.39 is 57.7 Å². The summed E-state index contributed by atoms with van der Waals surface area (Å²) in [5.41, 5.74) is 7.76. The smallest absolute Gasteiger partial charge is 0.747 e. The van der Waals surface area contributed by atoms with E-state index in [9.17, 15) is 44.9 Å². The van der Waals surface area contributed by atoms with Gasteiger partial charge in [-0.3, -0.25) is 9.13 Å². The summed E-state index contributed by atoms with van der Waals surface area (Å²) in [4.78, 5) is 16.0. The molecule has 0 radical (unpaired) electrons. The molecule has 0 rings (SSSR count). The monoisotopic (exact) mass is 948 g/mol. The molecule has 0 aromatic rings. The first-order chi connectivity index (χ1) is 25.8. The van der Waals surface area contributed by atoms with Gasteiger partial charge in [0.2, 0.25) is 14.7 Å². The van der Waals surface area contributed by atoms with Gasteiger partial charge in [0.25, 0.3) is 0 Å². The third-order valence-electron chi connectivity index (χ3n) is 8.74. The third-order valence-corrected chi connectivity index (χ3v) is 17.6. The summed E-state index contributed by atoms with van der Waals surface area (Å²) in [7, 11) is -15.7. The molecule has 4 atom stereocenters. The summed E-state index contributed by atoms with van der Waals surface area (Å²) in [6.45, 7) is 16.7. The van der Waals surface area contributed by atoms with Crippen LogP contribution in [0.4, 0.5) is 0 Å². The van der Waals surface area contributed by atoms with Crippen LogP contribution in [0.15, 0.2) is 69.9 Å². The largest absolute Gasteiger partial charge is 1.00 e. The standard InChI is InChI=1S/2C20H37O6PS.2K/c2*1-17(2)10-8-12-19(4)14-9-13-18(3)11-6-7-15-20(28(23,24)25)27(21,22)16-26-5;;/h2*10-11,14,20H,6-9,12-13,15-16H2,1-5H3,(H,21,22)(H,23,24,25);;/q;;2*+1/p-2/b2*18-11+,19-14+;;. The molecular formula is C40H72K2O12P2S2. The predicted molar refractivity (Wildman–Crippen MR) is 229 cm³/mol. The van der Waals surface area contributed by atoms with Crippen LogP contribution in [-0.2, 0) is 38.8 Å². The van der Waals surface area contributed by atoms with Crippen LogP contribution in [0.5, 0.6) is 0 Å². The maximum Gasteiger partial charge on any atom is 1.00 e. The Morgan fingerprint density at radius 2 is 0.759 bits per heavy atom. The van der Waals surface area contributed by atoms with Crippen molar-refractivity contribution in [2.24, 2.45) is 0 Å². The third kappa shape index (κ3) is 36.2. The van der Waals surface area contributed by atoms with Crippen LogP contribution in [0.1, 0.15) is 145 Å². The van der Waals surface area contributed by atoms with Gasteiger partial charge >= 0.3 is 103 Å². The Balaban J connectivity index is -0.000000486. The van der Waals surface area contributed by atoms with Crippen LogP contribution in [0.25, 0.3) is 0 Å². The first-order valence-electron chi connectivity index (χ1n) is 19.2. The molecule has 2 N–H and O–H groups in total. The Bertz CT molecular complexity index is 1540. The SMILES string of the molecule is COCP(=O)(O)C(CCC/C=C(\C)CC/C=C(\C)CCC=C(C)C)S(=O)(=O)[O-].COCP(=O)(O)C(CCC/C=C(\C)CC/C=C(\C)CCC=C(C)C)S(=O)(=O)[O-].[K+].[K+]. The minimum atomic E-state index is -4.86. The number of unbranched alkanes of at least 4 members (excludes halogenated alkanes) is 2. The maximum absolute atomic E-state index is 12.0. The van der Waals surface area contributed by atoms with Gasteiger partial charge in [-0.05, 0) is 145 Å². The van der Waals surface area contributed by atoms with Gasteiger partial charge in [-0.25, -0.2) is 16.8 Å². The quantitative estimate of drug-likeness (QED) is 0.0362. The Labute approximate surface area is 438 Å². The molecule has 0 heterocycles. The van der Waals surface area contributed by atoms with Crippen molar-refractivity contribution < 1.29 is 157 Å². The summed E-state index contributed by atoms with van der Waals surface area (Å²) in [5.74, 6) is 0. The van der Waals surface area contributed by atoms with Gasteiger partial charge in [0.15, 0.2) is 0 Å². The Morgan fingerprint density at radius 3 is 0.983 bits per heavy atom. The first-order valence-corrected chi connectivity index (χ1v) is 26.0. The number of hydrogen-bond acceptors (Lipinski definition) is 10. The Morgan fingerprint density at radius 1 is 0.517 bits per heavy atom. The molecule has 0 fully saturated rings. The summed E-state index contributed by atoms with van der Waals surface area (Å²) < 4.78 is 101. The van der Waals surface area contributed by atoms with E-state index in [0.29, 0.717) is 25.7 Å². The molecule has 0 aliphatic rings. The average molecular weight is 949 g/mol. The van der Waals surface area contributed by atoms with Crippen molar-refractivity contribution in [2.75, 3.05) is 26.9 Å². The number of allylic oxidation sites excluding steroid dienone is 12. The summed E-state index contributed by atoms with van der Waals surface area (Å²) in [6.07, 6.45) is 21.2. The molecule has 0 amide bonds. The zero-order valence-electron chi connectivity index (χ0n) is 37.6. The topological polar surface area (TPSA) is 207 Å². The summed E-state index contributed by atoms with van der Waals surface area (Å²) in [5, 5.41) is 0. The molecule has 0 aliphatic heterocycles. The summed E-state index contributed by atoms with van der Waals surface area (Å²) >= 11 is 0. The van der Waals surface area contributed by atoms with E-state index in [1.807, 2.05) is 26.0 Å². The molecular weight excluding hydrogens is 877 g/mol. The first kappa shape index (κ1) is 66.4. The van der Waals surface area contributed by atoms with E-state index in [1.54, 1.807) is 0 Å². The van der Waals surface area contributed by atoms with Crippen LogP contribution >= 0.6 is 14.7 Å². The van der Waals surface area contributed by atoms with Crippen LogP contribution < -0.4 is 103 Å². The van der Waals surface area contributed by atoms with Crippen molar-refractivity contribution in [3.63, 3.8) is 0 Å². The molecule has 0 aliphatic carbocycles. The average Bonchev–Trinajstić information content (AvgIpc) is 3.03. The zero-order valence-corrected chi connectivity index (χ0v) is 47.3. The number of hydrogen-bond donors (Lipinski definition) is 2. The second-order valence-corrected chi connectivity index (χ2v) is 23.6. The molecule has 0 aromatic heterocycles.